The summed E-state index contributed by atoms with van der Waals surface area (Å²) >= 11 is 0. The molecule has 22 heavy (non-hydrogen) atoms. The largest absolute Gasteiger partial charge is 3.00 e. The van der Waals surface area contributed by atoms with Gasteiger partial charge in [-0.15, -0.1) is 59.3 Å². The van der Waals surface area contributed by atoms with Gasteiger partial charge in [-0.2, -0.15) is 35.0 Å². The molecular weight excluding hydrogens is 316 g/mol. The Morgan fingerprint density at radius 1 is 0.636 bits per heavy atom. The van der Waals surface area contributed by atoms with Gasteiger partial charge in [0.25, 0.3) is 0 Å². The minimum atomic E-state index is 0. The molecule has 0 heterocycles. The molecule has 0 unspecified atom stereocenters. The van der Waals surface area contributed by atoms with Crippen LogP contribution in [0, 0.1) is 0 Å². The van der Waals surface area contributed by atoms with Crippen LogP contribution < -0.4 is 0 Å². The molecule has 0 aromatic heterocycles. The Morgan fingerprint density at radius 2 is 1.00 bits per heavy atom. The van der Waals surface area contributed by atoms with Crippen molar-refractivity contribution >= 4 is 31.1 Å². The van der Waals surface area contributed by atoms with Crippen molar-refractivity contribution in [1.29, 1.82) is 0 Å². The van der Waals surface area contributed by atoms with Gasteiger partial charge in [0.15, 0.2) is 0 Å². The first-order valence-corrected chi connectivity index (χ1v) is 9.61. The summed E-state index contributed by atoms with van der Waals surface area (Å²) in [4.78, 5) is 0. The van der Waals surface area contributed by atoms with E-state index in [9.17, 15) is 0 Å². The fourth-order valence-electron chi connectivity index (χ4n) is 2.14. The number of benzene rings is 2. The zero-order chi connectivity index (χ0) is 14.9. The molecule has 0 aliphatic carbocycles. The van der Waals surface area contributed by atoms with Crippen LogP contribution in [0.25, 0.3) is 21.5 Å². The van der Waals surface area contributed by atoms with Gasteiger partial charge in [0.2, 0.25) is 0 Å². The third-order valence-corrected chi connectivity index (χ3v) is 3.10. The molecule has 0 bridgehead atoms. The molecule has 0 spiro atoms. The monoisotopic (exact) mass is 337 g/mol. The van der Waals surface area contributed by atoms with Crippen LogP contribution in [0.4, 0.5) is 0 Å². The average Bonchev–Trinajstić information content (AvgIpc) is 3.17. The molecule has 2 heteroatoms. The summed E-state index contributed by atoms with van der Waals surface area (Å²) in [6, 6.07) is 29.3. The molecule has 0 saturated heterocycles. The number of rotatable bonds is 0. The zero-order valence-electron chi connectivity index (χ0n) is 13.2. The molecule has 108 valence electrons. The molecular formula is C20H21SiTi+. The Balaban J connectivity index is 0.000000181. The molecule has 2 radical (unpaired) electrons. The van der Waals surface area contributed by atoms with Gasteiger partial charge in [0, 0.05) is 9.52 Å². The van der Waals surface area contributed by atoms with Crippen molar-refractivity contribution in [3.05, 3.63) is 84.9 Å². The minimum absolute atomic E-state index is 0. The molecule has 0 saturated carbocycles. The van der Waals surface area contributed by atoms with Gasteiger partial charge in [-0.1, -0.05) is 25.2 Å². The molecule has 4 aromatic rings. The summed E-state index contributed by atoms with van der Waals surface area (Å²) in [6.45, 7) is 4.42. The van der Waals surface area contributed by atoms with Crippen LogP contribution in [0.2, 0.25) is 13.1 Å². The predicted molar refractivity (Wildman–Crippen MR) is 98.0 cm³/mol. The van der Waals surface area contributed by atoms with Crippen LogP contribution in [0.5, 0.6) is 0 Å². The molecule has 4 rings (SSSR count). The Bertz CT molecular complexity index is 641. The van der Waals surface area contributed by atoms with Crippen LogP contribution in [0.1, 0.15) is 0 Å². The van der Waals surface area contributed by atoms with Crippen molar-refractivity contribution < 1.29 is 21.7 Å². The maximum atomic E-state index is 2.21. The molecule has 0 aliphatic rings. The van der Waals surface area contributed by atoms with E-state index in [-0.39, 0.29) is 21.7 Å². The Labute approximate surface area is 150 Å². The maximum Gasteiger partial charge on any atom is 3.00 e. The van der Waals surface area contributed by atoms with E-state index >= 15 is 0 Å². The van der Waals surface area contributed by atoms with Gasteiger partial charge >= 0.3 is 21.7 Å². The Kier molecular flexibility index (Phi) is 8.76. The van der Waals surface area contributed by atoms with E-state index in [1.54, 1.807) is 0 Å². The third kappa shape index (κ3) is 5.42. The first-order chi connectivity index (χ1) is 10.3. The van der Waals surface area contributed by atoms with E-state index in [2.05, 4.69) is 98.0 Å². The summed E-state index contributed by atoms with van der Waals surface area (Å²) in [5.41, 5.74) is 0. The summed E-state index contributed by atoms with van der Waals surface area (Å²) < 4.78 is 0. The summed E-state index contributed by atoms with van der Waals surface area (Å²) in [7, 11) is 0.750. The van der Waals surface area contributed by atoms with Gasteiger partial charge in [-0.25, -0.2) is 0 Å². The van der Waals surface area contributed by atoms with Crippen molar-refractivity contribution in [3.8, 4) is 0 Å². The van der Waals surface area contributed by atoms with Gasteiger partial charge in [-0.3, -0.25) is 0 Å². The Morgan fingerprint density at radius 3 is 1.36 bits per heavy atom. The van der Waals surface area contributed by atoms with Gasteiger partial charge in [-0.05, 0) is 0 Å². The standard InChI is InChI=1S/2C9H7.C2H7Si.Ti/c2*1-2-5-9-7-3-6-8(9)4-1;1-3-2;/h2*1-7H;3H,1-2H3;/q2*-1;;+3. The van der Waals surface area contributed by atoms with Crippen molar-refractivity contribution in [1.82, 2.24) is 0 Å². The van der Waals surface area contributed by atoms with E-state index in [4.69, 9.17) is 0 Å². The van der Waals surface area contributed by atoms with E-state index < -0.39 is 0 Å². The van der Waals surface area contributed by atoms with Crippen molar-refractivity contribution in [2.45, 2.75) is 13.1 Å². The van der Waals surface area contributed by atoms with Gasteiger partial charge in [0.05, 0.1) is 0 Å². The summed E-state index contributed by atoms with van der Waals surface area (Å²) in [5, 5.41) is 5.32. The first-order valence-electron chi connectivity index (χ1n) is 7.30. The topological polar surface area (TPSA) is 0 Å². The number of hydrogen-bond donors (Lipinski definition) is 0. The first kappa shape index (κ1) is 18.6. The molecule has 0 aliphatic heterocycles. The number of fused-ring (bicyclic) bond motifs is 2. The van der Waals surface area contributed by atoms with Gasteiger partial charge < -0.3 is 0 Å². The second-order valence-corrected chi connectivity index (χ2v) is 6.04. The van der Waals surface area contributed by atoms with E-state index in [1.165, 1.54) is 21.5 Å². The van der Waals surface area contributed by atoms with E-state index in [0.717, 1.165) is 9.52 Å². The van der Waals surface area contributed by atoms with Crippen LogP contribution in [0.15, 0.2) is 84.9 Å². The van der Waals surface area contributed by atoms with Crippen LogP contribution in [0.3, 0.4) is 0 Å². The fraction of sp³-hybridized carbons (Fsp3) is 0.100. The van der Waals surface area contributed by atoms with Crippen LogP contribution >= 0.6 is 0 Å². The summed E-state index contributed by atoms with van der Waals surface area (Å²) in [5.74, 6) is 0. The van der Waals surface area contributed by atoms with Crippen molar-refractivity contribution in [3.63, 3.8) is 0 Å². The van der Waals surface area contributed by atoms with Gasteiger partial charge in [0.1, 0.15) is 0 Å². The molecule has 0 atom stereocenters. The maximum absolute atomic E-state index is 2.21. The quantitative estimate of drug-likeness (QED) is 0.288. The molecule has 0 N–H and O–H groups in total. The Hall–Kier alpha value is -1.41. The average molecular weight is 337 g/mol. The number of hydrogen-bond acceptors (Lipinski definition) is 0. The van der Waals surface area contributed by atoms with E-state index in [0.29, 0.717) is 0 Å². The minimum Gasteiger partial charge on any atom is -0.168 e. The second-order valence-electron chi connectivity index (χ2n) is 4.89. The van der Waals surface area contributed by atoms with Crippen LogP contribution in [-0.2, 0) is 21.7 Å². The summed E-state index contributed by atoms with van der Waals surface area (Å²) in [6.07, 6.45) is 0. The smallest absolute Gasteiger partial charge is 0.168 e. The normalized spacial score (nSPS) is 9.18. The third-order valence-electron chi connectivity index (χ3n) is 3.10. The molecule has 4 aromatic carbocycles. The second kappa shape index (κ2) is 10.3. The molecule has 0 amide bonds. The van der Waals surface area contributed by atoms with Crippen LogP contribution in [-0.4, -0.2) is 9.52 Å². The zero-order valence-corrected chi connectivity index (χ0v) is 15.9. The van der Waals surface area contributed by atoms with Crippen molar-refractivity contribution in [2.24, 2.45) is 0 Å². The fourth-order valence-corrected chi connectivity index (χ4v) is 2.14. The molecule has 0 fully saturated rings. The SMILES string of the molecule is C[SiH]C.[Ti+3].c1ccc2[cH-]ccc2c1.c1ccc2[cH-]ccc2c1. The van der Waals surface area contributed by atoms with Crippen molar-refractivity contribution in [2.75, 3.05) is 0 Å². The predicted octanol–water partition coefficient (Wildman–Crippen LogP) is 5.63. The molecule has 0 nitrogen and oxygen atoms in total. The van der Waals surface area contributed by atoms with E-state index in [1.807, 2.05) is 0 Å².